The van der Waals surface area contributed by atoms with Crippen LogP contribution in [0.4, 0.5) is 4.79 Å². The maximum Gasteiger partial charge on any atom is 0.323 e. The van der Waals surface area contributed by atoms with Crippen molar-refractivity contribution in [3.8, 4) is 0 Å². The molecule has 1 aliphatic heterocycles. The van der Waals surface area contributed by atoms with Gasteiger partial charge in [-0.25, -0.2) is 4.79 Å². The summed E-state index contributed by atoms with van der Waals surface area (Å²) in [6.07, 6.45) is 0.775. The monoisotopic (exact) mass is 244 g/mol. The molecule has 17 heavy (non-hydrogen) atoms. The van der Waals surface area contributed by atoms with E-state index in [1.807, 2.05) is 0 Å². The number of carbonyl (C=O) groups excluding carboxylic acids is 1. The highest BCUT2D eigenvalue weighted by molar-refractivity contribution is 5.81. The standard InChI is InChI=1S/C11H20N2O4/c1-11(2,3)13(6-9(14)15)10(16)12-8-4-5-17-7-8/h8H,4-7H2,1-3H3,(H,12,16)(H,14,15). The van der Waals surface area contributed by atoms with Crippen molar-refractivity contribution in [1.29, 1.82) is 0 Å². The zero-order valence-corrected chi connectivity index (χ0v) is 10.5. The summed E-state index contributed by atoms with van der Waals surface area (Å²) in [7, 11) is 0. The van der Waals surface area contributed by atoms with Gasteiger partial charge >= 0.3 is 12.0 Å². The third kappa shape index (κ3) is 4.22. The van der Waals surface area contributed by atoms with E-state index in [-0.39, 0.29) is 18.6 Å². The molecule has 1 atom stereocenters. The van der Waals surface area contributed by atoms with Crippen LogP contribution in [0.2, 0.25) is 0 Å². The first kappa shape index (κ1) is 13.8. The van der Waals surface area contributed by atoms with Crippen LogP contribution >= 0.6 is 0 Å². The van der Waals surface area contributed by atoms with Crippen LogP contribution in [0, 0.1) is 0 Å². The molecule has 6 nitrogen and oxygen atoms in total. The van der Waals surface area contributed by atoms with Crippen molar-refractivity contribution in [2.24, 2.45) is 0 Å². The summed E-state index contributed by atoms with van der Waals surface area (Å²) in [5, 5.41) is 11.6. The Morgan fingerprint density at radius 1 is 1.47 bits per heavy atom. The second kappa shape index (κ2) is 5.35. The van der Waals surface area contributed by atoms with Gasteiger partial charge in [-0.3, -0.25) is 4.79 Å². The molecule has 1 saturated heterocycles. The van der Waals surface area contributed by atoms with Gasteiger partial charge in [-0.05, 0) is 27.2 Å². The molecule has 2 amide bonds. The van der Waals surface area contributed by atoms with E-state index in [1.165, 1.54) is 4.90 Å². The summed E-state index contributed by atoms with van der Waals surface area (Å²) in [6, 6.07) is -0.364. The van der Waals surface area contributed by atoms with Crippen molar-refractivity contribution in [2.75, 3.05) is 19.8 Å². The molecule has 1 fully saturated rings. The molecule has 0 aromatic rings. The summed E-state index contributed by atoms with van der Waals surface area (Å²) in [4.78, 5) is 24.0. The van der Waals surface area contributed by atoms with E-state index in [4.69, 9.17) is 9.84 Å². The Hall–Kier alpha value is -1.30. The van der Waals surface area contributed by atoms with E-state index >= 15 is 0 Å². The van der Waals surface area contributed by atoms with Crippen LogP contribution in [-0.2, 0) is 9.53 Å². The number of carboxylic acids is 1. The molecule has 0 aromatic carbocycles. The average Bonchev–Trinajstić information content (AvgIpc) is 2.64. The number of carboxylic acid groups (broad SMARTS) is 1. The van der Waals surface area contributed by atoms with Gasteiger partial charge in [0.05, 0.1) is 12.6 Å². The van der Waals surface area contributed by atoms with E-state index in [0.29, 0.717) is 13.2 Å². The summed E-state index contributed by atoms with van der Waals surface area (Å²) in [5.74, 6) is -1.02. The van der Waals surface area contributed by atoms with Crippen LogP contribution in [0.15, 0.2) is 0 Å². The lowest BCUT2D eigenvalue weighted by Gasteiger charge is -2.35. The number of amides is 2. The quantitative estimate of drug-likeness (QED) is 0.764. The fourth-order valence-electron chi connectivity index (χ4n) is 1.65. The lowest BCUT2D eigenvalue weighted by molar-refractivity contribution is -0.138. The van der Waals surface area contributed by atoms with Gasteiger partial charge in [-0.1, -0.05) is 0 Å². The number of nitrogens with zero attached hydrogens (tertiary/aromatic N) is 1. The van der Waals surface area contributed by atoms with Crippen LogP contribution in [0.3, 0.4) is 0 Å². The fraction of sp³-hybridized carbons (Fsp3) is 0.818. The number of carbonyl (C=O) groups is 2. The van der Waals surface area contributed by atoms with Crippen molar-refractivity contribution >= 4 is 12.0 Å². The zero-order valence-electron chi connectivity index (χ0n) is 10.5. The summed E-state index contributed by atoms with van der Waals surface area (Å²) in [6.45, 7) is 6.25. The minimum Gasteiger partial charge on any atom is -0.480 e. The summed E-state index contributed by atoms with van der Waals surface area (Å²) in [5.41, 5.74) is -0.526. The smallest absolute Gasteiger partial charge is 0.323 e. The minimum atomic E-state index is -1.02. The lowest BCUT2D eigenvalue weighted by atomic mass is 10.1. The van der Waals surface area contributed by atoms with E-state index in [0.717, 1.165) is 6.42 Å². The summed E-state index contributed by atoms with van der Waals surface area (Å²) < 4.78 is 5.15. The van der Waals surface area contributed by atoms with Crippen molar-refractivity contribution in [2.45, 2.75) is 38.8 Å². The van der Waals surface area contributed by atoms with Gasteiger partial charge in [0.15, 0.2) is 0 Å². The normalized spacial score (nSPS) is 20.1. The predicted octanol–water partition coefficient (Wildman–Crippen LogP) is 0.670. The third-order valence-corrected chi connectivity index (χ3v) is 2.61. The first-order valence-electron chi connectivity index (χ1n) is 5.68. The maximum absolute atomic E-state index is 12.0. The molecule has 0 spiro atoms. The van der Waals surface area contributed by atoms with E-state index in [9.17, 15) is 9.59 Å². The number of rotatable bonds is 3. The SMILES string of the molecule is CC(C)(C)N(CC(=O)O)C(=O)NC1CCOC1. The van der Waals surface area contributed by atoms with Gasteiger partial charge in [0.25, 0.3) is 0 Å². The molecule has 0 bridgehead atoms. The average molecular weight is 244 g/mol. The van der Waals surface area contributed by atoms with Crippen LogP contribution in [0.5, 0.6) is 0 Å². The lowest BCUT2D eigenvalue weighted by Crippen LogP contribution is -2.54. The highest BCUT2D eigenvalue weighted by Crippen LogP contribution is 2.14. The molecule has 2 N–H and O–H groups in total. The first-order chi connectivity index (χ1) is 7.80. The Morgan fingerprint density at radius 2 is 2.12 bits per heavy atom. The van der Waals surface area contributed by atoms with E-state index in [2.05, 4.69) is 5.32 Å². The molecule has 0 radical (unpaired) electrons. The van der Waals surface area contributed by atoms with Gasteiger partial charge in [-0.15, -0.1) is 0 Å². The van der Waals surface area contributed by atoms with Crippen molar-refractivity contribution < 1.29 is 19.4 Å². The summed E-state index contributed by atoms with van der Waals surface area (Å²) >= 11 is 0. The Kier molecular flexibility index (Phi) is 4.34. The molecule has 1 unspecified atom stereocenters. The fourth-order valence-corrected chi connectivity index (χ4v) is 1.65. The molecule has 1 heterocycles. The second-order valence-electron chi connectivity index (χ2n) is 5.16. The molecule has 0 saturated carbocycles. The first-order valence-corrected chi connectivity index (χ1v) is 5.68. The van der Waals surface area contributed by atoms with Gasteiger partial charge in [0, 0.05) is 12.1 Å². The number of urea groups is 1. The van der Waals surface area contributed by atoms with Gasteiger partial charge < -0.3 is 20.1 Å². The molecular weight excluding hydrogens is 224 g/mol. The highest BCUT2D eigenvalue weighted by atomic mass is 16.5. The number of nitrogens with one attached hydrogen (secondary N) is 1. The number of hydrogen-bond donors (Lipinski definition) is 2. The Balaban J connectivity index is 2.61. The molecule has 0 aromatic heterocycles. The molecule has 1 aliphatic rings. The molecule has 0 aliphatic carbocycles. The molecule has 6 heteroatoms. The number of hydrogen-bond acceptors (Lipinski definition) is 3. The Labute approximate surface area is 101 Å². The zero-order chi connectivity index (χ0) is 13.1. The molecular formula is C11H20N2O4. The third-order valence-electron chi connectivity index (χ3n) is 2.61. The van der Waals surface area contributed by atoms with E-state index < -0.39 is 11.5 Å². The number of ether oxygens (including phenoxy) is 1. The predicted molar refractivity (Wildman–Crippen MR) is 61.9 cm³/mol. The highest BCUT2D eigenvalue weighted by Gasteiger charge is 2.30. The largest absolute Gasteiger partial charge is 0.480 e. The van der Waals surface area contributed by atoms with Crippen LogP contribution in [0.25, 0.3) is 0 Å². The maximum atomic E-state index is 12.0. The molecule has 1 rings (SSSR count). The van der Waals surface area contributed by atoms with Crippen molar-refractivity contribution in [1.82, 2.24) is 10.2 Å². The van der Waals surface area contributed by atoms with Crippen molar-refractivity contribution in [3.63, 3.8) is 0 Å². The second-order valence-corrected chi connectivity index (χ2v) is 5.16. The van der Waals surface area contributed by atoms with Crippen LogP contribution < -0.4 is 5.32 Å². The van der Waals surface area contributed by atoms with Gasteiger partial charge in [-0.2, -0.15) is 0 Å². The number of aliphatic carboxylic acids is 1. The van der Waals surface area contributed by atoms with Gasteiger partial charge in [0.1, 0.15) is 6.54 Å². The van der Waals surface area contributed by atoms with Gasteiger partial charge in [0.2, 0.25) is 0 Å². The topological polar surface area (TPSA) is 78.9 Å². The van der Waals surface area contributed by atoms with E-state index in [1.54, 1.807) is 20.8 Å². The van der Waals surface area contributed by atoms with Crippen LogP contribution in [-0.4, -0.2) is 53.3 Å². The minimum absolute atomic E-state index is 0.0128. The molecule has 98 valence electrons. The Bertz CT molecular complexity index is 292. The van der Waals surface area contributed by atoms with Crippen molar-refractivity contribution in [3.05, 3.63) is 0 Å². The Morgan fingerprint density at radius 3 is 2.53 bits per heavy atom. The van der Waals surface area contributed by atoms with Crippen LogP contribution in [0.1, 0.15) is 27.2 Å².